The van der Waals surface area contributed by atoms with E-state index in [2.05, 4.69) is 16.2 Å². The van der Waals surface area contributed by atoms with Crippen LogP contribution < -0.4 is 15.4 Å². The normalized spacial score (nSPS) is 16.8. The molecule has 0 saturated heterocycles. The highest BCUT2D eigenvalue weighted by Gasteiger charge is 2.25. The van der Waals surface area contributed by atoms with Gasteiger partial charge in [-0.25, -0.2) is 0 Å². The van der Waals surface area contributed by atoms with Gasteiger partial charge in [0.15, 0.2) is 16.6 Å². The molecule has 2 N–H and O–H groups in total. The summed E-state index contributed by atoms with van der Waals surface area (Å²) in [6.07, 6.45) is 6.59. The zero-order valence-corrected chi connectivity index (χ0v) is 12.1. The number of hydrogen-bond acceptors (Lipinski definition) is 5. The molecule has 1 aromatic rings. The molecular formula is C13H23N3OS. The zero-order valence-electron chi connectivity index (χ0n) is 11.3. The van der Waals surface area contributed by atoms with Crippen LogP contribution in [-0.2, 0) is 0 Å². The summed E-state index contributed by atoms with van der Waals surface area (Å²) >= 11 is 1.47. The molecule has 0 unspecified atom stereocenters. The van der Waals surface area contributed by atoms with Gasteiger partial charge in [0.2, 0.25) is 0 Å². The highest BCUT2D eigenvalue weighted by molar-refractivity contribution is 7.11. The Balaban J connectivity index is 2.20. The summed E-state index contributed by atoms with van der Waals surface area (Å²) in [5.41, 5.74) is 5.90. The average Bonchev–Trinajstić information content (AvgIpc) is 2.75. The van der Waals surface area contributed by atoms with Crippen LogP contribution in [0.5, 0.6) is 5.75 Å². The van der Waals surface area contributed by atoms with E-state index in [0.717, 1.165) is 17.3 Å². The minimum atomic E-state index is 0.533. The number of rotatable bonds is 5. The Morgan fingerprint density at radius 3 is 2.67 bits per heavy atom. The van der Waals surface area contributed by atoms with Crippen molar-refractivity contribution in [1.82, 2.24) is 4.37 Å². The summed E-state index contributed by atoms with van der Waals surface area (Å²) < 4.78 is 9.91. The van der Waals surface area contributed by atoms with Gasteiger partial charge in [-0.2, -0.15) is 4.37 Å². The second-order valence-corrected chi connectivity index (χ2v) is 5.46. The molecule has 0 atom stereocenters. The third-order valence-corrected chi connectivity index (χ3v) is 4.44. The molecule has 4 nitrogen and oxygen atoms in total. The van der Waals surface area contributed by atoms with E-state index in [1.807, 2.05) is 6.92 Å². The van der Waals surface area contributed by atoms with Gasteiger partial charge in [-0.15, -0.1) is 0 Å². The molecule has 102 valence electrons. The first-order chi connectivity index (χ1) is 8.77. The number of anilines is 2. The molecule has 1 saturated carbocycles. The summed E-state index contributed by atoms with van der Waals surface area (Å²) in [5.74, 6) is 1.32. The highest BCUT2D eigenvalue weighted by Crippen LogP contribution is 2.40. The first-order valence-electron chi connectivity index (χ1n) is 6.92. The van der Waals surface area contributed by atoms with Crippen molar-refractivity contribution in [2.24, 2.45) is 0 Å². The van der Waals surface area contributed by atoms with Gasteiger partial charge in [0, 0.05) is 12.6 Å². The third kappa shape index (κ3) is 2.71. The van der Waals surface area contributed by atoms with Gasteiger partial charge in [-0.1, -0.05) is 19.3 Å². The van der Waals surface area contributed by atoms with Gasteiger partial charge in [-0.05, 0) is 38.2 Å². The standard InChI is InChI=1S/C13H23N3OS/c1-3-16(10-8-6-5-7-9-10)13-11(17-4-2)12(14)15-18-13/h10H,3-9H2,1-2H3,(H2,14,15). The predicted molar refractivity (Wildman–Crippen MR) is 77.6 cm³/mol. The van der Waals surface area contributed by atoms with E-state index in [1.165, 1.54) is 43.6 Å². The Kier molecular flexibility index (Phi) is 4.69. The molecule has 1 aromatic heterocycles. The zero-order chi connectivity index (χ0) is 13.0. The van der Waals surface area contributed by atoms with Gasteiger partial charge < -0.3 is 15.4 Å². The lowest BCUT2D eigenvalue weighted by atomic mass is 9.94. The van der Waals surface area contributed by atoms with Crippen LogP contribution in [0.3, 0.4) is 0 Å². The molecule has 1 aliphatic carbocycles. The number of aromatic nitrogens is 1. The van der Waals surface area contributed by atoms with Crippen LogP contribution in [0, 0.1) is 0 Å². The van der Waals surface area contributed by atoms with Crippen LogP contribution in [0.25, 0.3) is 0 Å². The maximum atomic E-state index is 5.90. The molecule has 1 aliphatic rings. The molecule has 1 fully saturated rings. The molecular weight excluding hydrogens is 246 g/mol. The monoisotopic (exact) mass is 269 g/mol. The lowest BCUT2D eigenvalue weighted by molar-refractivity contribution is 0.340. The van der Waals surface area contributed by atoms with Crippen molar-refractivity contribution in [3.63, 3.8) is 0 Å². The van der Waals surface area contributed by atoms with Gasteiger partial charge in [0.1, 0.15) is 0 Å². The average molecular weight is 269 g/mol. The molecule has 0 radical (unpaired) electrons. The largest absolute Gasteiger partial charge is 0.487 e. The van der Waals surface area contributed by atoms with Crippen molar-refractivity contribution in [3.8, 4) is 5.75 Å². The Bertz CT molecular complexity index is 374. The molecule has 0 spiro atoms. The molecule has 18 heavy (non-hydrogen) atoms. The summed E-state index contributed by atoms with van der Waals surface area (Å²) in [7, 11) is 0. The fourth-order valence-corrected chi connectivity index (χ4v) is 3.61. The van der Waals surface area contributed by atoms with Crippen LogP contribution in [-0.4, -0.2) is 23.6 Å². The fraction of sp³-hybridized carbons (Fsp3) is 0.769. The SMILES string of the molecule is CCOc1c(N)nsc1N(CC)C1CCCCC1. The van der Waals surface area contributed by atoms with E-state index < -0.39 is 0 Å². The minimum Gasteiger partial charge on any atom is -0.487 e. The summed E-state index contributed by atoms with van der Waals surface area (Å²) in [6.45, 7) is 5.81. The van der Waals surface area contributed by atoms with Gasteiger partial charge >= 0.3 is 0 Å². The first-order valence-corrected chi connectivity index (χ1v) is 7.69. The van der Waals surface area contributed by atoms with Crippen LogP contribution in [0.4, 0.5) is 10.8 Å². The van der Waals surface area contributed by atoms with Crippen molar-refractivity contribution < 1.29 is 4.74 Å². The van der Waals surface area contributed by atoms with E-state index in [9.17, 15) is 0 Å². The second kappa shape index (κ2) is 6.27. The lowest BCUT2D eigenvalue weighted by Gasteiger charge is -2.34. The van der Waals surface area contributed by atoms with Gasteiger partial charge in [-0.3, -0.25) is 0 Å². The number of hydrogen-bond donors (Lipinski definition) is 1. The van der Waals surface area contributed by atoms with Crippen LogP contribution in [0.1, 0.15) is 46.0 Å². The number of nitrogen functional groups attached to an aromatic ring is 1. The quantitative estimate of drug-likeness (QED) is 0.891. The van der Waals surface area contributed by atoms with Gasteiger partial charge in [0.05, 0.1) is 6.61 Å². The molecule has 0 bridgehead atoms. The second-order valence-electron chi connectivity index (χ2n) is 4.71. The lowest BCUT2D eigenvalue weighted by Crippen LogP contribution is -2.36. The topological polar surface area (TPSA) is 51.4 Å². The summed E-state index contributed by atoms with van der Waals surface area (Å²) in [4.78, 5) is 2.43. The predicted octanol–water partition coefficient (Wildman–Crippen LogP) is 3.28. The van der Waals surface area contributed by atoms with Crippen LogP contribution in [0.15, 0.2) is 0 Å². The van der Waals surface area contributed by atoms with Crippen LogP contribution in [0.2, 0.25) is 0 Å². The van der Waals surface area contributed by atoms with E-state index in [0.29, 0.717) is 18.5 Å². The van der Waals surface area contributed by atoms with Crippen molar-refractivity contribution in [1.29, 1.82) is 0 Å². The molecule has 1 heterocycles. The summed E-state index contributed by atoms with van der Waals surface area (Å²) in [5, 5.41) is 1.11. The fourth-order valence-electron chi connectivity index (χ4n) is 2.71. The Labute approximate surface area is 113 Å². The van der Waals surface area contributed by atoms with Gasteiger partial charge in [0.25, 0.3) is 0 Å². The maximum absolute atomic E-state index is 5.90. The highest BCUT2D eigenvalue weighted by atomic mass is 32.1. The number of ether oxygens (including phenoxy) is 1. The number of nitrogens with two attached hydrogens (primary N) is 1. The van der Waals surface area contributed by atoms with Crippen molar-refractivity contribution in [2.75, 3.05) is 23.8 Å². The van der Waals surface area contributed by atoms with Crippen molar-refractivity contribution in [3.05, 3.63) is 0 Å². The molecule has 0 aliphatic heterocycles. The molecule has 0 aromatic carbocycles. The van der Waals surface area contributed by atoms with Crippen molar-refractivity contribution in [2.45, 2.75) is 52.0 Å². The Morgan fingerprint density at radius 1 is 1.33 bits per heavy atom. The van der Waals surface area contributed by atoms with Crippen LogP contribution >= 0.6 is 11.5 Å². The molecule has 5 heteroatoms. The molecule has 0 amide bonds. The van der Waals surface area contributed by atoms with E-state index >= 15 is 0 Å². The van der Waals surface area contributed by atoms with E-state index in [4.69, 9.17) is 10.5 Å². The third-order valence-electron chi connectivity index (χ3n) is 3.56. The van der Waals surface area contributed by atoms with E-state index in [1.54, 1.807) is 0 Å². The maximum Gasteiger partial charge on any atom is 0.197 e. The molecule has 2 rings (SSSR count). The van der Waals surface area contributed by atoms with Crippen molar-refractivity contribution >= 4 is 22.4 Å². The Morgan fingerprint density at radius 2 is 2.06 bits per heavy atom. The number of nitrogens with zero attached hydrogens (tertiary/aromatic N) is 2. The first kappa shape index (κ1) is 13.5. The summed E-state index contributed by atoms with van der Waals surface area (Å²) in [6, 6.07) is 0.628. The Hall–Kier alpha value is -0.970. The van der Waals surface area contributed by atoms with E-state index in [-0.39, 0.29) is 0 Å². The smallest absolute Gasteiger partial charge is 0.197 e. The minimum absolute atomic E-state index is 0.533.